The van der Waals surface area contributed by atoms with Gasteiger partial charge in [-0.25, -0.2) is 9.97 Å². The van der Waals surface area contributed by atoms with Crippen molar-refractivity contribution in [2.24, 2.45) is 5.92 Å². The third kappa shape index (κ3) is 3.24. The van der Waals surface area contributed by atoms with Crippen LogP contribution >= 0.6 is 15.9 Å². The highest BCUT2D eigenvalue weighted by Crippen LogP contribution is 2.45. The monoisotopic (exact) mass is 353 g/mol. The molecule has 21 heavy (non-hydrogen) atoms. The summed E-state index contributed by atoms with van der Waals surface area (Å²) in [5, 5.41) is 3.19. The SMILES string of the molecule is CNc1nc(C(OC)C2CCCCC2)nc(C2CC2)c1Br. The molecule has 1 N–H and O–H groups in total. The number of hydrogen-bond donors (Lipinski definition) is 1. The second-order valence-electron chi connectivity index (χ2n) is 6.21. The molecule has 1 aromatic rings. The highest BCUT2D eigenvalue weighted by Gasteiger charge is 2.33. The smallest absolute Gasteiger partial charge is 0.160 e. The quantitative estimate of drug-likeness (QED) is 0.850. The van der Waals surface area contributed by atoms with E-state index in [4.69, 9.17) is 14.7 Å². The van der Waals surface area contributed by atoms with Gasteiger partial charge in [0, 0.05) is 20.1 Å². The Morgan fingerprint density at radius 2 is 1.86 bits per heavy atom. The van der Waals surface area contributed by atoms with Crippen molar-refractivity contribution in [1.29, 1.82) is 0 Å². The summed E-state index contributed by atoms with van der Waals surface area (Å²) in [4.78, 5) is 9.58. The Morgan fingerprint density at radius 1 is 1.14 bits per heavy atom. The van der Waals surface area contributed by atoms with Gasteiger partial charge in [0.25, 0.3) is 0 Å². The number of anilines is 1. The van der Waals surface area contributed by atoms with Gasteiger partial charge in [0.1, 0.15) is 11.9 Å². The van der Waals surface area contributed by atoms with E-state index in [9.17, 15) is 0 Å². The van der Waals surface area contributed by atoms with E-state index < -0.39 is 0 Å². The number of nitrogens with one attached hydrogen (secondary N) is 1. The molecule has 0 aliphatic heterocycles. The number of halogens is 1. The predicted molar refractivity (Wildman–Crippen MR) is 87.6 cm³/mol. The Labute approximate surface area is 135 Å². The molecule has 4 nitrogen and oxygen atoms in total. The molecule has 2 fully saturated rings. The minimum absolute atomic E-state index is 0.0306. The minimum atomic E-state index is 0.0306. The van der Waals surface area contributed by atoms with Crippen LogP contribution in [0.15, 0.2) is 4.47 Å². The fourth-order valence-electron chi connectivity index (χ4n) is 3.35. The van der Waals surface area contributed by atoms with Crippen LogP contribution < -0.4 is 5.32 Å². The molecule has 0 amide bonds. The van der Waals surface area contributed by atoms with Gasteiger partial charge >= 0.3 is 0 Å². The Hall–Kier alpha value is -0.680. The molecule has 1 unspecified atom stereocenters. The first-order valence-electron chi connectivity index (χ1n) is 8.02. The first-order chi connectivity index (χ1) is 10.2. The van der Waals surface area contributed by atoms with Gasteiger partial charge in [-0.1, -0.05) is 19.3 Å². The molecule has 1 heterocycles. The van der Waals surface area contributed by atoms with Crippen molar-refractivity contribution in [3.63, 3.8) is 0 Å². The van der Waals surface area contributed by atoms with E-state index >= 15 is 0 Å². The van der Waals surface area contributed by atoms with Crippen LogP contribution in [-0.2, 0) is 4.74 Å². The molecule has 0 spiro atoms. The van der Waals surface area contributed by atoms with E-state index in [0.29, 0.717) is 11.8 Å². The zero-order valence-electron chi connectivity index (χ0n) is 12.9. The van der Waals surface area contributed by atoms with Gasteiger partial charge in [0.2, 0.25) is 0 Å². The highest BCUT2D eigenvalue weighted by atomic mass is 79.9. The third-order valence-electron chi connectivity index (χ3n) is 4.68. The molecule has 0 bridgehead atoms. The molecule has 3 rings (SSSR count). The molecule has 1 aromatic heterocycles. The van der Waals surface area contributed by atoms with Crippen LogP contribution in [0.5, 0.6) is 0 Å². The molecule has 0 aromatic carbocycles. The molecule has 0 saturated heterocycles. The van der Waals surface area contributed by atoms with Crippen LogP contribution in [0.2, 0.25) is 0 Å². The van der Waals surface area contributed by atoms with Gasteiger partial charge in [0.05, 0.1) is 10.2 Å². The maximum atomic E-state index is 5.80. The van der Waals surface area contributed by atoms with Gasteiger partial charge in [-0.3, -0.25) is 0 Å². The summed E-state index contributed by atoms with van der Waals surface area (Å²) in [6.45, 7) is 0. The van der Waals surface area contributed by atoms with Crippen molar-refractivity contribution in [2.45, 2.75) is 57.0 Å². The summed E-state index contributed by atoms with van der Waals surface area (Å²) in [6, 6.07) is 0. The largest absolute Gasteiger partial charge is 0.373 e. The summed E-state index contributed by atoms with van der Waals surface area (Å²) in [7, 11) is 3.70. The van der Waals surface area contributed by atoms with Crippen molar-refractivity contribution in [3.8, 4) is 0 Å². The number of methoxy groups -OCH3 is 1. The lowest BCUT2D eigenvalue weighted by molar-refractivity contribution is 0.0288. The highest BCUT2D eigenvalue weighted by molar-refractivity contribution is 9.10. The zero-order chi connectivity index (χ0) is 14.8. The van der Waals surface area contributed by atoms with Crippen LogP contribution in [0.25, 0.3) is 0 Å². The molecular weight excluding hydrogens is 330 g/mol. The molecule has 5 heteroatoms. The van der Waals surface area contributed by atoms with Crippen LogP contribution in [0, 0.1) is 5.92 Å². The normalized spacial score (nSPS) is 21.3. The lowest BCUT2D eigenvalue weighted by Crippen LogP contribution is -2.21. The van der Waals surface area contributed by atoms with Crippen LogP contribution in [0.1, 0.15) is 68.5 Å². The zero-order valence-corrected chi connectivity index (χ0v) is 14.4. The standard InChI is InChI=1S/C16H24BrN3O/c1-18-15-12(17)13(10-8-9-10)19-16(20-15)14(21-2)11-6-4-3-5-7-11/h10-11,14H,3-9H2,1-2H3,(H,18,19,20). The van der Waals surface area contributed by atoms with Gasteiger partial charge < -0.3 is 10.1 Å². The number of ether oxygens (including phenoxy) is 1. The summed E-state index contributed by atoms with van der Waals surface area (Å²) in [5.74, 6) is 2.90. The van der Waals surface area contributed by atoms with Crippen molar-refractivity contribution < 1.29 is 4.74 Å². The molecule has 2 aliphatic rings. The minimum Gasteiger partial charge on any atom is -0.373 e. The van der Waals surface area contributed by atoms with Crippen LogP contribution in [0.3, 0.4) is 0 Å². The first-order valence-corrected chi connectivity index (χ1v) is 8.81. The average Bonchev–Trinajstić information content (AvgIpc) is 3.35. The van der Waals surface area contributed by atoms with Gasteiger partial charge in [-0.2, -0.15) is 0 Å². The number of aromatic nitrogens is 2. The first kappa shape index (κ1) is 15.2. The predicted octanol–water partition coefficient (Wildman–Crippen LogP) is 4.43. The van der Waals surface area contributed by atoms with E-state index in [1.807, 2.05) is 7.05 Å². The van der Waals surface area contributed by atoms with Crippen molar-refractivity contribution >= 4 is 21.7 Å². The molecule has 116 valence electrons. The third-order valence-corrected chi connectivity index (χ3v) is 5.46. The lowest BCUT2D eigenvalue weighted by atomic mass is 9.85. The second-order valence-corrected chi connectivity index (χ2v) is 7.00. The van der Waals surface area contributed by atoms with Crippen LogP contribution in [-0.4, -0.2) is 24.1 Å². The summed E-state index contributed by atoms with van der Waals surface area (Å²) in [6.07, 6.45) is 8.91. The number of nitrogens with zero attached hydrogens (tertiary/aromatic N) is 2. The second kappa shape index (κ2) is 6.61. The fraction of sp³-hybridized carbons (Fsp3) is 0.750. The van der Waals surface area contributed by atoms with E-state index in [0.717, 1.165) is 21.8 Å². The lowest BCUT2D eigenvalue weighted by Gasteiger charge is -2.28. The van der Waals surface area contributed by atoms with Gasteiger partial charge in [-0.05, 0) is 47.5 Å². The van der Waals surface area contributed by atoms with Crippen LogP contribution in [0.4, 0.5) is 5.82 Å². The molecule has 2 saturated carbocycles. The van der Waals surface area contributed by atoms with Crippen molar-refractivity contribution in [2.75, 3.05) is 19.5 Å². The number of rotatable bonds is 5. The summed E-state index contributed by atoms with van der Waals surface area (Å²) < 4.78 is 6.83. The van der Waals surface area contributed by atoms with E-state index in [1.165, 1.54) is 44.9 Å². The van der Waals surface area contributed by atoms with E-state index in [2.05, 4.69) is 21.2 Å². The number of hydrogen-bond acceptors (Lipinski definition) is 4. The van der Waals surface area contributed by atoms with Gasteiger partial charge in [-0.15, -0.1) is 0 Å². The van der Waals surface area contributed by atoms with Crippen molar-refractivity contribution in [1.82, 2.24) is 9.97 Å². The summed E-state index contributed by atoms with van der Waals surface area (Å²) >= 11 is 3.65. The Balaban J connectivity index is 1.93. The maximum absolute atomic E-state index is 5.80. The molecule has 0 radical (unpaired) electrons. The summed E-state index contributed by atoms with van der Waals surface area (Å²) in [5.41, 5.74) is 1.15. The molecule has 1 atom stereocenters. The topological polar surface area (TPSA) is 47.0 Å². The van der Waals surface area contributed by atoms with Crippen molar-refractivity contribution in [3.05, 3.63) is 16.0 Å². The molecule has 2 aliphatic carbocycles. The van der Waals surface area contributed by atoms with E-state index in [1.54, 1.807) is 7.11 Å². The average molecular weight is 354 g/mol. The Morgan fingerprint density at radius 3 is 2.43 bits per heavy atom. The Kier molecular flexibility index (Phi) is 4.79. The van der Waals surface area contributed by atoms with Gasteiger partial charge in [0.15, 0.2) is 5.82 Å². The maximum Gasteiger partial charge on any atom is 0.160 e. The Bertz CT molecular complexity index is 499. The van der Waals surface area contributed by atoms with E-state index in [-0.39, 0.29) is 6.10 Å². The molecular formula is C16H24BrN3O. The fourth-order valence-corrected chi connectivity index (χ4v) is 4.05.